The molecule has 32 nitrogen and oxygen atoms in total. The normalized spacial score (nSPS) is 15.1. The van der Waals surface area contributed by atoms with Gasteiger partial charge in [0.05, 0.1) is 157 Å². The molecule has 6 aromatic heterocycles. The number of anilines is 3. The molecule has 4 aromatic carbocycles. The van der Waals surface area contributed by atoms with Crippen molar-refractivity contribution in [2.45, 2.75) is 78.9 Å². The van der Waals surface area contributed by atoms with E-state index in [1.54, 1.807) is 75.9 Å². The van der Waals surface area contributed by atoms with E-state index in [1.165, 1.54) is 69.2 Å². The number of ether oxygens (including phenoxy) is 6. The van der Waals surface area contributed by atoms with Gasteiger partial charge in [-0.2, -0.15) is 25.8 Å². The van der Waals surface area contributed by atoms with Crippen LogP contribution in [0.5, 0.6) is 0 Å². The van der Waals surface area contributed by atoms with E-state index in [9.17, 15) is 57.7 Å². The van der Waals surface area contributed by atoms with Gasteiger partial charge >= 0.3 is 12.2 Å². The van der Waals surface area contributed by atoms with Gasteiger partial charge in [-0.3, -0.25) is 57.9 Å². The molecule has 116 heavy (non-hydrogen) atoms. The number of benzene rings is 4. The van der Waals surface area contributed by atoms with Crippen LogP contribution in [-0.2, 0) is 73.8 Å². The Balaban J connectivity index is 0.000000148. The molecular formula is C80H78BrClF2N18O14. The predicted molar refractivity (Wildman–Crippen MR) is 418 cm³/mol. The summed E-state index contributed by atoms with van der Waals surface area (Å²) in [4.78, 5) is 112. The summed E-state index contributed by atoms with van der Waals surface area (Å²) in [6.45, 7) is 16.0. The van der Waals surface area contributed by atoms with Gasteiger partial charge in [0.1, 0.15) is 59.7 Å². The van der Waals surface area contributed by atoms with Crippen molar-refractivity contribution in [3.8, 4) is 40.3 Å². The summed E-state index contributed by atoms with van der Waals surface area (Å²) in [5, 5.41) is 41.1. The van der Waals surface area contributed by atoms with Crippen LogP contribution in [0.4, 0.5) is 35.8 Å². The number of aromatic amines is 1. The van der Waals surface area contributed by atoms with Crippen LogP contribution >= 0.6 is 27.5 Å². The second-order valence-electron chi connectivity index (χ2n) is 27.9. The third kappa shape index (κ3) is 21.8. The topological polar surface area (TPSA) is 376 Å². The number of halogens is 4. The molecule has 0 bridgehead atoms. The van der Waals surface area contributed by atoms with Crippen molar-refractivity contribution in [1.29, 1.82) is 10.5 Å². The Morgan fingerprint density at radius 2 is 1.03 bits per heavy atom. The monoisotopic (exact) mass is 1670 g/mol. The molecule has 0 unspecified atom stereocenters. The maximum absolute atomic E-state index is 14.9. The molecule has 600 valence electrons. The maximum Gasteiger partial charge on any atom is 0.417 e. The fourth-order valence-corrected chi connectivity index (χ4v) is 12.6. The van der Waals surface area contributed by atoms with Gasteiger partial charge in [-0.25, -0.2) is 42.8 Å². The van der Waals surface area contributed by atoms with Crippen molar-refractivity contribution in [1.82, 2.24) is 64.6 Å². The summed E-state index contributed by atoms with van der Waals surface area (Å²) in [7, 11) is 0. The second kappa shape index (κ2) is 38.4. The average Bonchev–Trinajstić information content (AvgIpc) is 1.58. The van der Waals surface area contributed by atoms with Crippen molar-refractivity contribution in [2.24, 2.45) is 0 Å². The number of H-pyrrole nitrogens is 1. The molecule has 0 aliphatic carbocycles. The third-order valence-electron chi connectivity index (χ3n) is 17.2. The number of rotatable bonds is 10. The minimum absolute atomic E-state index is 0.00660. The highest BCUT2D eigenvalue weighted by atomic mass is 79.9. The van der Waals surface area contributed by atoms with E-state index in [0.29, 0.717) is 70.8 Å². The van der Waals surface area contributed by atoms with Gasteiger partial charge in [-0.1, -0.05) is 84.4 Å². The molecule has 0 saturated carbocycles. The van der Waals surface area contributed by atoms with E-state index in [1.807, 2.05) is 82.4 Å². The van der Waals surface area contributed by atoms with Crippen molar-refractivity contribution < 1.29 is 75.6 Å². The fraction of sp³-hybridized carbons (Fsp3) is 0.300. The van der Waals surface area contributed by atoms with Gasteiger partial charge in [0, 0.05) is 43.3 Å². The number of carbonyl (C=O) groups is 8. The molecule has 6 aliphatic rings. The molecule has 2 N–H and O–H groups in total. The SMILES string of the molecule is Brc1ccn(Cc2ccccc2)n1.CC(C)(C)OC(=O)N1Cc2nc(-c3c(F)cccc3C#N)cc(-n3ccc(N4CCOCC4=O)n3)c2C1=O.CC(C)(C)OC(=O)N1Cc2nc(-c3c(F)cccc3C#N)cc(Cl)c2C1=O.O=C1COCCN1.O=C1COCCN1c1ccn(Cc2ccccc2)n1.O=C1COCCN1c1ccn[nH]1. The third-order valence-corrected chi connectivity index (χ3v) is 17.9. The summed E-state index contributed by atoms with van der Waals surface area (Å²) in [5.41, 5.74) is 1.91. The van der Waals surface area contributed by atoms with E-state index in [0.717, 1.165) is 26.8 Å². The lowest BCUT2D eigenvalue weighted by molar-refractivity contribution is -0.129. The molecular weight excluding hydrogens is 1590 g/mol. The number of nitrogens with zero attached hydrogens (tertiary/aromatic N) is 16. The van der Waals surface area contributed by atoms with Gasteiger partial charge in [0.15, 0.2) is 11.6 Å². The largest absolute Gasteiger partial charge is 0.443 e. The zero-order chi connectivity index (χ0) is 82.8. The Labute approximate surface area is 677 Å². The van der Waals surface area contributed by atoms with Gasteiger partial charge in [-0.15, -0.1) is 5.10 Å². The summed E-state index contributed by atoms with van der Waals surface area (Å²) >= 11 is 9.54. The number of hydrogen-bond donors (Lipinski definition) is 2. The van der Waals surface area contributed by atoms with Crippen LogP contribution in [0, 0.1) is 34.3 Å². The lowest BCUT2D eigenvalue weighted by Crippen LogP contribution is -2.41. The summed E-state index contributed by atoms with van der Waals surface area (Å²) in [6, 6.07) is 42.3. The lowest BCUT2D eigenvalue weighted by Gasteiger charge is -2.24. The number of hydrogen-bond acceptors (Lipinski definition) is 22. The van der Waals surface area contributed by atoms with Crippen molar-refractivity contribution in [3.63, 3.8) is 0 Å². The molecule has 10 aromatic rings. The number of nitriles is 2. The van der Waals surface area contributed by atoms with Crippen molar-refractivity contribution >= 4 is 92.6 Å². The smallest absolute Gasteiger partial charge is 0.417 e. The van der Waals surface area contributed by atoms with E-state index in [4.69, 9.17) is 40.0 Å². The van der Waals surface area contributed by atoms with E-state index in [-0.39, 0.29) is 130 Å². The van der Waals surface area contributed by atoms with Crippen LogP contribution in [0.15, 0.2) is 163 Å². The summed E-state index contributed by atoms with van der Waals surface area (Å²) < 4.78 is 65.9. The molecule has 8 amide bonds. The predicted octanol–water partition coefficient (Wildman–Crippen LogP) is 10.4. The maximum atomic E-state index is 14.9. The van der Waals surface area contributed by atoms with Gasteiger partial charge in [0.25, 0.3) is 29.5 Å². The number of amides is 8. The Hall–Kier alpha value is -12.8. The number of carbonyl (C=O) groups excluding carboxylic acids is 8. The highest BCUT2D eigenvalue weighted by Crippen LogP contribution is 2.37. The lowest BCUT2D eigenvalue weighted by atomic mass is 10.0. The number of imide groups is 2. The molecule has 36 heteroatoms. The van der Waals surface area contributed by atoms with Crippen LogP contribution in [-0.4, -0.2) is 197 Å². The molecule has 16 rings (SSSR count). The highest BCUT2D eigenvalue weighted by molar-refractivity contribution is 9.10. The molecule has 0 radical (unpaired) electrons. The van der Waals surface area contributed by atoms with Gasteiger partial charge in [0.2, 0.25) is 5.91 Å². The number of morpholine rings is 4. The van der Waals surface area contributed by atoms with Crippen molar-refractivity contribution in [3.05, 3.63) is 224 Å². The molecule has 12 heterocycles. The first-order chi connectivity index (χ1) is 55.6. The van der Waals surface area contributed by atoms with Crippen LogP contribution in [0.25, 0.3) is 28.2 Å². The van der Waals surface area contributed by atoms with Gasteiger partial charge < -0.3 is 33.7 Å². The average molecular weight is 1670 g/mol. The number of pyridine rings is 2. The second-order valence-corrected chi connectivity index (χ2v) is 29.1. The van der Waals surface area contributed by atoms with E-state index < -0.39 is 46.8 Å². The quantitative estimate of drug-likeness (QED) is 0.128. The van der Waals surface area contributed by atoms with E-state index in [2.05, 4.69) is 81.0 Å². The first kappa shape index (κ1) is 84.1. The Morgan fingerprint density at radius 3 is 1.48 bits per heavy atom. The number of fused-ring (bicyclic) bond motifs is 2. The van der Waals surface area contributed by atoms with Crippen molar-refractivity contribution in [2.75, 3.05) is 93.7 Å². The fourth-order valence-electron chi connectivity index (χ4n) is 12.0. The minimum atomic E-state index is -0.850. The van der Waals surface area contributed by atoms with Crippen LogP contribution in [0.2, 0.25) is 5.02 Å². The highest BCUT2D eigenvalue weighted by Gasteiger charge is 2.41. The first-order valence-corrected chi connectivity index (χ1v) is 37.4. The zero-order valence-electron chi connectivity index (χ0n) is 63.7. The standard InChI is InChI=1S/C26H23FN6O5.C19H15ClFN3O3.C14H15N3O2.C10H9BrN2.C7H9N3O2.C4H7NO2/c1-26(2,3)38-25(36)32-13-18-23(24(32)35)19(11-17(29-18)22-15(12-28)5-4-6-16(22)27)33-8-7-20(30-33)31-9-10-37-14-21(31)34;1-19(2,3)27-18(26)24-9-14-16(17(24)25)11(20)7-13(23-14)15-10(8-22)5-4-6-12(15)21;18-14-11-19-9-8-17(14)13-6-7-16(15-13)10-12-4-2-1-3-5-12;11-10-6-7-13(12-10)8-9-4-2-1-3-5-9;11-7-5-12-4-3-10(7)6-1-2-8-9-6;6-4-3-7-2-1-5-4/h4-8,11H,9-10,13-14H2,1-3H3;4-7H,9H2,1-3H3;1-7H,8-11H2;1-7H,8H2;1-2H,3-5H2,(H,8,9);1-3H2,(H,5,6). The molecule has 0 spiro atoms. The Morgan fingerprint density at radius 1 is 0.552 bits per heavy atom. The molecule has 0 atom stereocenters. The Bertz CT molecular complexity index is 5320. The van der Waals surface area contributed by atoms with E-state index >= 15 is 0 Å². The number of aromatic nitrogens is 10. The van der Waals surface area contributed by atoms with Gasteiger partial charge in [-0.05, 0) is 111 Å². The Kier molecular flexibility index (Phi) is 27.8. The summed E-state index contributed by atoms with van der Waals surface area (Å²) in [6.07, 6.45) is 5.36. The molecule has 4 fully saturated rings. The molecule has 6 aliphatic heterocycles. The van der Waals surface area contributed by atoms with Crippen LogP contribution < -0.4 is 20.0 Å². The first-order valence-electron chi connectivity index (χ1n) is 36.2. The molecule has 4 saturated heterocycles. The van der Waals surface area contributed by atoms with Crippen LogP contribution in [0.3, 0.4) is 0 Å². The number of nitrogens with one attached hydrogen (secondary N) is 2. The van der Waals surface area contributed by atoms with Crippen LogP contribution in [0.1, 0.15) is 95.9 Å². The zero-order valence-corrected chi connectivity index (χ0v) is 66.0. The summed E-state index contributed by atoms with van der Waals surface area (Å²) in [5.74, 6) is -1.14. The minimum Gasteiger partial charge on any atom is -0.443 e.